The SMILES string of the molecule is NS(=O)(=O)c1ccc(CCNC(=O)c2ccccc2SCC(=O)NCC2CCCCC2)cc1. The van der Waals surface area contributed by atoms with Crippen molar-refractivity contribution >= 4 is 33.6 Å². The molecular weight excluding hydrogens is 458 g/mol. The van der Waals surface area contributed by atoms with Crippen molar-refractivity contribution in [3.05, 3.63) is 59.7 Å². The first-order chi connectivity index (χ1) is 15.8. The van der Waals surface area contributed by atoms with E-state index in [1.165, 1.54) is 56.0 Å². The molecule has 0 atom stereocenters. The molecule has 1 aliphatic carbocycles. The van der Waals surface area contributed by atoms with Crippen molar-refractivity contribution in [1.82, 2.24) is 10.6 Å². The second kappa shape index (κ2) is 12.2. The summed E-state index contributed by atoms with van der Waals surface area (Å²) in [7, 11) is -3.72. The summed E-state index contributed by atoms with van der Waals surface area (Å²) in [6, 6.07) is 13.5. The fourth-order valence-corrected chi connectivity index (χ4v) is 5.28. The third-order valence-corrected chi connectivity index (χ3v) is 7.76. The van der Waals surface area contributed by atoms with Crippen LogP contribution in [0, 0.1) is 5.92 Å². The third kappa shape index (κ3) is 8.17. The molecule has 0 radical (unpaired) electrons. The average molecular weight is 490 g/mol. The van der Waals surface area contributed by atoms with Gasteiger partial charge in [-0.15, -0.1) is 11.8 Å². The summed E-state index contributed by atoms with van der Waals surface area (Å²) in [5.74, 6) is 0.639. The van der Waals surface area contributed by atoms with Crippen LogP contribution in [0.25, 0.3) is 0 Å². The number of thioether (sulfide) groups is 1. The number of amides is 2. The van der Waals surface area contributed by atoms with Crippen LogP contribution >= 0.6 is 11.8 Å². The molecule has 0 spiro atoms. The van der Waals surface area contributed by atoms with Gasteiger partial charge in [0.15, 0.2) is 0 Å². The van der Waals surface area contributed by atoms with Crippen molar-refractivity contribution in [3.63, 3.8) is 0 Å². The molecule has 0 aromatic heterocycles. The molecule has 9 heteroatoms. The molecule has 1 saturated carbocycles. The molecule has 2 aromatic carbocycles. The number of carbonyl (C=O) groups is 2. The number of nitrogens with two attached hydrogens (primary N) is 1. The van der Waals surface area contributed by atoms with E-state index >= 15 is 0 Å². The fourth-order valence-electron chi connectivity index (χ4n) is 3.89. The molecule has 33 heavy (non-hydrogen) atoms. The van der Waals surface area contributed by atoms with Gasteiger partial charge in [0, 0.05) is 18.0 Å². The second-order valence-electron chi connectivity index (χ2n) is 8.29. The molecule has 3 rings (SSSR count). The fraction of sp³-hybridized carbons (Fsp3) is 0.417. The van der Waals surface area contributed by atoms with Crippen LogP contribution in [0.1, 0.15) is 48.0 Å². The maximum absolute atomic E-state index is 12.7. The first-order valence-electron chi connectivity index (χ1n) is 11.2. The predicted molar refractivity (Wildman–Crippen MR) is 131 cm³/mol. The largest absolute Gasteiger partial charge is 0.355 e. The molecule has 0 saturated heterocycles. The average Bonchev–Trinajstić information content (AvgIpc) is 2.82. The molecule has 2 aromatic rings. The normalized spacial score (nSPS) is 14.6. The molecule has 0 aliphatic heterocycles. The number of carbonyl (C=O) groups excluding carboxylic acids is 2. The lowest BCUT2D eigenvalue weighted by molar-refractivity contribution is -0.118. The quantitative estimate of drug-likeness (QED) is 0.443. The zero-order valence-electron chi connectivity index (χ0n) is 18.6. The van der Waals surface area contributed by atoms with Gasteiger partial charge in [0.25, 0.3) is 5.91 Å². The van der Waals surface area contributed by atoms with Gasteiger partial charge in [-0.3, -0.25) is 9.59 Å². The van der Waals surface area contributed by atoms with Crippen molar-refractivity contribution in [1.29, 1.82) is 0 Å². The number of hydrogen-bond acceptors (Lipinski definition) is 5. The highest BCUT2D eigenvalue weighted by atomic mass is 32.2. The standard InChI is InChI=1S/C24H31N3O4S2/c25-33(30,31)20-12-10-18(11-13-20)14-15-26-24(29)21-8-4-5-9-22(21)32-17-23(28)27-16-19-6-2-1-3-7-19/h4-5,8-13,19H,1-3,6-7,14-17H2,(H,26,29)(H,27,28)(H2,25,30,31). The van der Waals surface area contributed by atoms with E-state index in [9.17, 15) is 18.0 Å². The Hall–Kier alpha value is -2.36. The number of rotatable bonds is 10. The zero-order valence-corrected chi connectivity index (χ0v) is 20.2. The minimum atomic E-state index is -3.72. The Morgan fingerprint density at radius 1 is 0.970 bits per heavy atom. The third-order valence-electron chi connectivity index (χ3n) is 5.75. The van der Waals surface area contributed by atoms with Crippen molar-refractivity contribution in [3.8, 4) is 0 Å². The number of sulfonamides is 1. The van der Waals surface area contributed by atoms with E-state index in [1.54, 1.807) is 24.3 Å². The van der Waals surface area contributed by atoms with E-state index in [0.717, 1.165) is 17.0 Å². The van der Waals surface area contributed by atoms with Crippen LogP contribution in [0.2, 0.25) is 0 Å². The van der Waals surface area contributed by atoms with Crippen molar-refractivity contribution < 1.29 is 18.0 Å². The summed E-state index contributed by atoms with van der Waals surface area (Å²) >= 11 is 1.36. The van der Waals surface area contributed by atoms with Gasteiger partial charge in [-0.05, 0) is 55.0 Å². The number of primary sulfonamides is 1. The molecule has 2 amide bonds. The molecule has 4 N–H and O–H groups in total. The van der Waals surface area contributed by atoms with Gasteiger partial charge < -0.3 is 10.6 Å². The molecule has 178 valence electrons. The van der Waals surface area contributed by atoms with Crippen molar-refractivity contribution in [2.45, 2.75) is 48.3 Å². The van der Waals surface area contributed by atoms with Crippen molar-refractivity contribution in [2.75, 3.05) is 18.8 Å². The smallest absolute Gasteiger partial charge is 0.252 e. The number of benzene rings is 2. The molecule has 0 unspecified atom stereocenters. The minimum Gasteiger partial charge on any atom is -0.355 e. The van der Waals surface area contributed by atoms with Crippen LogP contribution in [0.3, 0.4) is 0 Å². The van der Waals surface area contributed by atoms with Gasteiger partial charge in [-0.2, -0.15) is 0 Å². The molecule has 1 fully saturated rings. The first-order valence-corrected chi connectivity index (χ1v) is 13.7. The summed E-state index contributed by atoms with van der Waals surface area (Å²) in [4.78, 5) is 25.8. The van der Waals surface area contributed by atoms with Crippen LogP contribution in [0.5, 0.6) is 0 Å². The second-order valence-corrected chi connectivity index (χ2v) is 10.9. The first kappa shape index (κ1) is 25.3. The Morgan fingerprint density at radius 3 is 2.36 bits per heavy atom. The van der Waals surface area contributed by atoms with E-state index in [0.29, 0.717) is 24.4 Å². The Morgan fingerprint density at radius 2 is 1.67 bits per heavy atom. The van der Waals surface area contributed by atoms with Crippen molar-refractivity contribution in [2.24, 2.45) is 11.1 Å². The van der Waals surface area contributed by atoms with Crippen LogP contribution in [0.4, 0.5) is 0 Å². The lowest BCUT2D eigenvalue weighted by Crippen LogP contribution is -2.31. The monoisotopic (exact) mass is 489 g/mol. The van der Waals surface area contributed by atoms with Gasteiger partial charge in [-0.1, -0.05) is 43.5 Å². The molecule has 7 nitrogen and oxygen atoms in total. The Balaban J connectivity index is 1.46. The van der Waals surface area contributed by atoms with E-state index in [-0.39, 0.29) is 22.5 Å². The molecule has 1 aliphatic rings. The Bertz CT molecular complexity index is 1050. The summed E-state index contributed by atoms with van der Waals surface area (Å²) in [6.45, 7) is 1.13. The lowest BCUT2D eigenvalue weighted by atomic mass is 9.89. The van der Waals surface area contributed by atoms with Crippen LogP contribution in [-0.2, 0) is 21.2 Å². The van der Waals surface area contributed by atoms with E-state index < -0.39 is 10.0 Å². The summed E-state index contributed by atoms with van der Waals surface area (Å²) in [5.41, 5.74) is 1.42. The van der Waals surface area contributed by atoms with E-state index in [1.807, 2.05) is 12.1 Å². The topological polar surface area (TPSA) is 118 Å². The van der Waals surface area contributed by atoms with Gasteiger partial charge in [0.1, 0.15) is 0 Å². The molecular formula is C24H31N3O4S2. The number of nitrogens with one attached hydrogen (secondary N) is 2. The van der Waals surface area contributed by atoms with Gasteiger partial charge in [-0.25, -0.2) is 13.6 Å². The van der Waals surface area contributed by atoms with Gasteiger partial charge in [0.05, 0.1) is 16.2 Å². The molecule has 0 bridgehead atoms. The van der Waals surface area contributed by atoms with Gasteiger partial charge in [0.2, 0.25) is 15.9 Å². The van der Waals surface area contributed by atoms with Gasteiger partial charge >= 0.3 is 0 Å². The lowest BCUT2D eigenvalue weighted by Gasteiger charge is -2.21. The predicted octanol–water partition coefficient (Wildman–Crippen LogP) is 3.10. The summed E-state index contributed by atoms with van der Waals surface area (Å²) < 4.78 is 22.7. The maximum atomic E-state index is 12.7. The zero-order chi connectivity index (χ0) is 23.7. The Labute approximate surface area is 200 Å². The van der Waals surface area contributed by atoms with Crippen LogP contribution in [-0.4, -0.2) is 39.1 Å². The Kier molecular flexibility index (Phi) is 9.34. The van der Waals surface area contributed by atoms with Crippen LogP contribution in [0.15, 0.2) is 58.3 Å². The maximum Gasteiger partial charge on any atom is 0.252 e. The summed E-state index contributed by atoms with van der Waals surface area (Å²) in [5, 5.41) is 11.0. The number of hydrogen-bond donors (Lipinski definition) is 3. The minimum absolute atomic E-state index is 0.0104. The highest BCUT2D eigenvalue weighted by molar-refractivity contribution is 8.00. The highest BCUT2D eigenvalue weighted by Gasteiger charge is 2.16. The summed E-state index contributed by atoms with van der Waals surface area (Å²) in [6.07, 6.45) is 6.72. The van der Waals surface area contributed by atoms with Crippen LogP contribution < -0.4 is 15.8 Å². The molecule has 0 heterocycles. The highest BCUT2D eigenvalue weighted by Crippen LogP contribution is 2.24. The van der Waals surface area contributed by atoms with E-state index in [2.05, 4.69) is 10.6 Å². The van der Waals surface area contributed by atoms with E-state index in [4.69, 9.17) is 5.14 Å².